The Kier molecular flexibility index (Phi) is 5.04. The lowest BCUT2D eigenvalue weighted by molar-refractivity contribution is 0.837. The molecular formula is C28H19ClN2. The van der Waals surface area contributed by atoms with Gasteiger partial charge in [0.05, 0.1) is 11.6 Å². The third-order valence-electron chi connectivity index (χ3n) is 5.57. The lowest BCUT2D eigenvalue weighted by Gasteiger charge is -2.07. The number of aromatic nitrogens is 1. The molecule has 0 saturated carbocycles. The van der Waals surface area contributed by atoms with E-state index in [1.807, 2.05) is 42.5 Å². The lowest BCUT2D eigenvalue weighted by atomic mass is 10.0. The van der Waals surface area contributed by atoms with E-state index >= 15 is 0 Å². The second-order valence-electron chi connectivity index (χ2n) is 7.56. The Hall–Kier alpha value is -3.80. The van der Waals surface area contributed by atoms with Crippen molar-refractivity contribution in [3.05, 3.63) is 119 Å². The van der Waals surface area contributed by atoms with Crippen molar-refractivity contribution in [2.24, 2.45) is 0 Å². The summed E-state index contributed by atoms with van der Waals surface area (Å²) in [6.45, 7) is 0.757. The number of benzene rings is 4. The molecule has 0 saturated heterocycles. The third kappa shape index (κ3) is 3.72. The fourth-order valence-electron chi connectivity index (χ4n) is 4.06. The first-order valence-electron chi connectivity index (χ1n) is 10.2. The average Bonchev–Trinajstić information content (AvgIpc) is 3.15. The van der Waals surface area contributed by atoms with Crippen LogP contribution in [0, 0.1) is 11.3 Å². The van der Waals surface area contributed by atoms with E-state index in [2.05, 4.69) is 71.4 Å². The summed E-state index contributed by atoms with van der Waals surface area (Å²) >= 11 is 6.35. The van der Waals surface area contributed by atoms with Crippen LogP contribution < -0.4 is 0 Å². The Labute approximate surface area is 186 Å². The molecule has 0 spiro atoms. The molecule has 0 radical (unpaired) electrons. The molecule has 4 aromatic carbocycles. The molecule has 31 heavy (non-hydrogen) atoms. The summed E-state index contributed by atoms with van der Waals surface area (Å²) in [7, 11) is 0. The first-order valence-corrected chi connectivity index (χ1v) is 10.5. The van der Waals surface area contributed by atoms with Crippen LogP contribution in [0.3, 0.4) is 0 Å². The second kappa shape index (κ2) is 8.14. The first-order chi connectivity index (χ1) is 15.2. The van der Waals surface area contributed by atoms with E-state index in [9.17, 15) is 5.26 Å². The van der Waals surface area contributed by atoms with Crippen molar-refractivity contribution in [3.8, 4) is 6.07 Å². The monoisotopic (exact) mass is 418 g/mol. The topological polar surface area (TPSA) is 28.7 Å². The smallest absolute Gasteiger partial charge is 0.0998 e. The maximum atomic E-state index is 9.80. The highest BCUT2D eigenvalue weighted by molar-refractivity contribution is 6.32. The van der Waals surface area contributed by atoms with Gasteiger partial charge in [0.15, 0.2) is 0 Å². The third-order valence-corrected chi connectivity index (χ3v) is 5.90. The lowest BCUT2D eigenvalue weighted by Crippen LogP contribution is -1.97. The van der Waals surface area contributed by atoms with Crippen molar-refractivity contribution < 1.29 is 0 Å². The van der Waals surface area contributed by atoms with Gasteiger partial charge in [0, 0.05) is 39.8 Å². The summed E-state index contributed by atoms with van der Waals surface area (Å²) in [6.07, 6.45) is 4.05. The summed E-state index contributed by atoms with van der Waals surface area (Å²) in [5.74, 6) is 0. The van der Waals surface area contributed by atoms with Crippen molar-refractivity contribution in [3.63, 3.8) is 0 Å². The van der Waals surface area contributed by atoms with Crippen LogP contribution in [0.25, 0.3) is 33.3 Å². The zero-order valence-electron chi connectivity index (χ0n) is 16.8. The van der Waals surface area contributed by atoms with Gasteiger partial charge in [-0.15, -0.1) is 0 Å². The first kappa shape index (κ1) is 19.2. The van der Waals surface area contributed by atoms with Gasteiger partial charge in [-0.1, -0.05) is 84.4 Å². The molecule has 0 unspecified atom stereocenters. The molecule has 148 valence electrons. The SMILES string of the molecule is N#CC(=Cc1cn(Cc2ccc3ccccc3c2)c2ccccc12)c1ccccc1Cl. The standard InChI is InChI=1S/C28H19ClN2/c29-27-11-5-3-9-25(27)23(17-30)16-24-19-31(28-12-6-4-10-26(24)28)18-20-13-14-21-7-1-2-8-22(21)15-20/h1-16,19H,18H2. The van der Waals surface area contributed by atoms with Crippen molar-refractivity contribution >= 4 is 44.9 Å². The fraction of sp³-hybridized carbons (Fsp3) is 0.0357. The van der Waals surface area contributed by atoms with Crippen LogP contribution in [0.4, 0.5) is 0 Å². The highest BCUT2D eigenvalue weighted by Crippen LogP contribution is 2.29. The molecule has 0 N–H and O–H groups in total. The molecule has 0 aliphatic heterocycles. The number of halogens is 1. The van der Waals surface area contributed by atoms with Gasteiger partial charge in [0.1, 0.15) is 0 Å². The molecule has 0 bridgehead atoms. The summed E-state index contributed by atoms with van der Waals surface area (Å²) < 4.78 is 2.24. The minimum atomic E-state index is 0.555. The maximum absolute atomic E-state index is 9.80. The zero-order valence-corrected chi connectivity index (χ0v) is 17.6. The number of fused-ring (bicyclic) bond motifs is 2. The van der Waals surface area contributed by atoms with Crippen molar-refractivity contribution in [1.82, 2.24) is 4.57 Å². The minimum Gasteiger partial charge on any atom is -0.342 e. The summed E-state index contributed by atoms with van der Waals surface area (Å²) in [5.41, 5.74) is 4.69. The number of para-hydroxylation sites is 1. The van der Waals surface area contributed by atoms with E-state index in [0.29, 0.717) is 10.6 Å². The van der Waals surface area contributed by atoms with Gasteiger partial charge < -0.3 is 4.57 Å². The molecule has 2 nitrogen and oxygen atoms in total. The molecule has 1 heterocycles. The van der Waals surface area contributed by atoms with E-state index in [1.165, 1.54) is 16.3 Å². The second-order valence-corrected chi connectivity index (χ2v) is 7.97. The Bertz CT molecular complexity index is 1480. The summed E-state index contributed by atoms with van der Waals surface area (Å²) in [6, 6.07) is 33.1. The zero-order chi connectivity index (χ0) is 21.2. The van der Waals surface area contributed by atoms with Crippen molar-refractivity contribution in [1.29, 1.82) is 5.26 Å². The van der Waals surface area contributed by atoms with Crippen LogP contribution in [0.15, 0.2) is 97.2 Å². The molecule has 1 aromatic heterocycles. The molecule has 0 fully saturated rings. The number of nitriles is 1. The highest BCUT2D eigenvalue weighted by Gasteiger charge is 2.11. The quantitative estimate of drug-likeness (QED) is 0.277. The molecule has 0 atom stereocenters. The number of rotatable bonds is 4. The Morgan fingerprint density at radius 2 is 1.61 bits per heavy atom. The van der Waals surface area contributed by atoms with E-state index in [-0.39, 0.29) is 0 Å². The van der Waals surface area contributed by atoms with E-state index in [0.717, 1.165) is 28.6 Å². The summed E-state index contributed by atoms with van der Waals surface area (Å²) in [5, 5.41) is 14.0. The van der Waals surface area contributed by atoms with Crippen LogP contribution in [-0.4, -0.2) is 4.57 Å². The van der Waals surface area contributed by atoms with Crippen LogP contribution in [0.5, 0.6) is 0 Å². The van der Waals surface area contributed by atoms with Gasteiger partial charge in [-0.3, -0.25) is 0 Å². The van der Waals surface area contributed by atoms with Gasteiger partial charge in [-0.05, 0) is 40.6 Å². The Morgan fingerprint density at radius 3 is 2.45 bits per heavy atom. The van der Waals surface area contributed by atoms with Gasteiger partial charge >= 0.3 is 0 Å². The largest absolute Gasteiger partial charge is 0.342 e. The molecular weight excluding hydrogens is 400 g/mol. The Morgan fingerprint density at radius 1 is 0.871 bits per heavy atom. The normalized spacial score (nSPS) is 11.7. The van der Waals surface area contributed by atoms with Crippen molar-refractivity contribution in [2.75, 3.05) is 0 Å². The van der Waals surface area contributed by atoms with E-state index < -0.39 is 0 Å². The number of nitrogens with zero attached hydrogens (tertiary/aromatic N) is 2. The molecule has 0 aliphatic carbocycles. The molecule has 5 aromatic rings. The molecule has 0 aliphatic rings. The van der Waals surface area contributed by atoms with Gasteiger partial charge in [0.2, 0.25) is 0 Å². The number of hydrogen-bond acceptors (Lipinski definition) is 1. The van der Waals surface area contributed by atoms with Gasteiger partial charge in [-0.25, -0.2) is 0 Å². The fourth-order valence-corrected chi connectivity index (χ4v) is 4.30. The molecule has 3 heteroatoms. The maximum Gasteiger partial charge on any atom is 0.0998 e. The number of allylic oxidation sites excluding steroid dienone is 1. The minimum absolute atomic E-state index is 0.555. The van der Waals surface area contributed by atoms with Crippen LogP contribution in [0.2, 0.25) is 5.02 Å². The predicted octanol–water partition coefficient (Wildman–Crippen LogP) is 7.56. The van der Waals surface area contributed by atoms with E-state index in [4.69, 9.17) is 11.6 Å². The van der Waals surface area contributed by atoms with Crippen LogP contribution >= 0.6 is 11.6 Å². The number of hydrogen-bond donors (Lipinski definition) is 0. The predicted molar refractivity (Wildman–Crippen MR) is 130 cm³/mol. The van der Waals surface area contributed by atoms with Crippen LogP contribution in [-0.2, 0) is 6.54 Å². The highest BCUT2D eigenvalue weighted by atomic mass is 35.5. The summed E-state index contributed by atoms with van der Waals surface area (Å²) in [4.78, 5) is 0. The average molecular weight is 419 g/mol. The molecule has 5 rings (SSSR count). The molecule has 0 amide bonds. The van der Waals surface area contributed by atoms with Gasteiger partial charge in [0.25, 0.3) is 0 Å². The van der Waals surface area contributed by atoms with E-state index in [1.54, 1.807) is 0 Å². The van der Waals surface area contributed by atoms with Gasteiger partial charge in [-0.2, -0.15) is 5.26 Å². The Balaban J connectivity index is 1.59. The van der Waals surface area contributed by atoms with Crippen LogP contribution in [0.1, 0.15) is 16.7 Å². The van der Waals surface area contributed by atoms with Crippen molar-refractivity contribution in [2.45, 2.75) is 6.54 Å².